The molecule has 0 fully saturated rings. The number of rotatable bonds is 8. The summed E-state index contributed by atoms with van der Waals surface area (Å²) >= 11 is 1.67. The van der Waals surface area contributed by atoms with Gasteiger partial charge in [0, 0.05) is 23.5 Å². The highest BCUT2D eigenvalue weighted by Gasteiger charge is 2.35. The van der Waals surface area contributed by atoms with Crippen molar-refractivity contribution in [3.63, 3.8) is 0 Å². The van der Waals surface area contributed by atoms with Crippen LogP contribution in [0, 0.1) is 5.82 Å². The predicted octanol–water partition coefficient (Wildman–Crippen LogP) is 5.32. The van der Waals surface area contributed by atoms with Crippen LogP contribution in [0.25, 0.3) is 0 Å². The van der Waals surface area contributed by atoms with Crippen molar-refractivity contribution < 1.29 is 23.5 Å². The molecule has 4 rings (SSSR count). The van der Waals surface area contributed by atoms with Crippen molar-refractivity contribution in [1.29, 1.82) is 0 Å². The molecule has 2 amide bonds. The molecule has 0 bridgehead atoms. The summed E-state index contributed by atoms with van der Waals surface area (Å²) in [6.45, 7) is 4.38. The average Bonchev–Trinajstić information content (AvgIpc) is 3.39. The van der Waals surface area contributed by atoms with Crippen LogP contribution < -0.4 is 9.47 Å². The Morgan fingerprint density at radius 1 is 1.14 bits per heavy atom. The average molecular weight is 511 g/mol. The number of thiophene rings is 1. The van der Waals surface area contributed by atoms with E-state index in [1.54, 1.807) is 53.7 Å². The summed E-state index contributed by atoms with van der Waals surface area (Å²) in [4.78, 5) is 32.1. The molecule has 1 aliphatic rings. The minimum absolute atomic E-state index is 0.0693. The zero-order valence-corrected chi connectivity index (χ0v) is 21.8. The van der Waals surface area contributed by atoms with E-state index < -0.39 is 0 Å². The van der Waals surface area contributed by atoms with Crippen molar-refractivity contribution in [2.24, 2.45) is 0 Å². The lowest BCUT2D eigenvalue weighted by molar-refractivity contribution is -0.134. The summed E-state index contributed by atoms with van der Waals surface area (Å²) in [5.41, 5.74) is 2.28. The van der Waals surface area contributed by atoms with Gasteiger partial charge in [-0.15, -0.1) is 11.3 Å². The first-order valence-electron chi connectivity index (χ1n) is 12.0. The molecule has 190 valence electrons. The number of hydrogen-bond acceptors (Lipinski definition) is 5. The predicted molar refractivity (Wildman–Crippen MR) is 138 cm³/mol. The lowest BCUT2D eigenvalue weighted by Crippen LogP contribution is -2.49. The number of hydrogen-bond donors (Lipinski definition) is 0. The summed E-state index contributed by atoms with van der Waals surface area (Å²) in [5, 5.41) is 2.03. The Hall–Kier alpha value is -3.39. The summed E-state index contributed by atoms with van der Waals surface area (Å²) in [6, 6.07) is 12.9. The van der Waals surface area contributed by atoms with Gasteiger partial charge in [-0.2, -0.15) is 0 Å². The topological polar surface area (TPSA) is 59.1 Å². The molecule has 1 aromatic heterocycles. The second-order valence-corrected chi connectivity index (χ2v) is 9.85. The second-order valence-electron chi connectivity index (χ2n) is 8.85. The summed E-state index contributed by atoms with van der Waals surface area (Å²) in [6.07, 6.45) is 1.44. The van der Waals surface area contributed by atoms with Gasteiger partial charge in [0.2, 0.25) is 5.91 Å². The maximum Gasteiger partial charge on any atom is 0.258 e. The van der Waals surface area contributed by atoms with E-state index in [4.69, 9.17) is 9.47 Å². The van der Waals surface area contributed by atoms with E-state index in [2.05, 4.69) is 0 Å². The maximum absolute atomic E-state index is 13.8. The Kier molecular flexibility index (Phi) is 7.94. The van der Waals surface area contributed by atoms with Crippen LogP contribution in [0.2, 0.25) is 0 Å². The quantitative estimate of drug-likeness (QED) is 0.412. The normalized spacial score (nSPS) is 15.7. The number of carbonyl (C=O) groups excluding carboxylic acids is 2. The fraction of sp³-hybridized carbons (Fsp3) is 0.357. The summed E-state index contributed by atoms with van der Waals surface area (Å²) < 4.78 is 24.4. The number of ether oxygens (including phenoxy) is 2. The minimum atomic E-state index is -0.322. The molecule has 8 heteroatoms. The molecule has 2 unspecified atom stereocenters. The van der Waals surface area contributed by atoms with Crippen LogP contribution >= 0.6 is 11.3 Å². The fourth-order valence-corrected chi connectivity index (χ4v) is 5.51. The van der Waals surface area contributed by atoms with Gasteiger partial charge in [-0.25, -0.2) is 4.39 Å². The fourth-order valence-electron chi connectivity index (χ4n) is 4.60. The van der Waals surface area contributed by atoms with Crippen molar-refractivity contribution in [3.8, 4) is 11.5 Å². The monoisotopic (exact) mass is 510 g/mol. The third-order valence-corrected chi connectivity index (χ3v) is 7.80. The number of nitrogens with zero attached hydrogens (tertiary/aromatic N) is 2. The molecule has 2 atom stereocenters. The molecule has 6 nitrogen and oxygen atoms in total. The highest BCUT2D eigenvalue weighted by molar-refractivity contribution is 7.10. The van der Waals surface area contributed by atoms with Crippen LogP contribution in [0.4, 0.5) is 4.39 Å². The van der Waals surface area contributed by atoms with Gasteiger partial charge in [-0.05, 0) is 66.6 Å². The summed E-state index contributed by atoms with van der Waals surface area (Å²) in [7, 11) is 3.05. The third kappa shape index (κ3) is 5.09. The van der Waals surface area contributed by atoms with Gasteiger partial charge in [-0.1, -0.05) is 19.1 Å². The van der Waals surface area contributed by atoms with Gasteiger partial charge >= 0.3 is 0 Å². The van der Waals surface area contributed by atoms with Crippen LogP contribution in [-0.2, 0) is 11.2 Å². The Morgan fingerprint density at radius 3 is 2.56 bits per heavy atom. The van der Waals surface area contributed by atoms with Crippen molar-refractivity contribution in [1.82, 2.24) is 9.80 Å². The minimum Gasteiger partial charge on any atom is -0.497 e. The van der Waals surface area contributed by atoms with Crippen LogP contribution in [-0.4, -0.2) is 55.0 Å². The first-order valence-corrected chi connectivity index (χ1v) is 12.9. The van der Waals surface area contributed by atoms with E-state index in [0.29, 0.717) is 30.0 Å². The molecule has 2 aromatic carbocycles. The Bertz CT molecular complexity index is 1230. The van der Waals surface area contributed by atoms with Gasteiger partial charge in [0.15, 0.2) is 0 Å². The number of fused-ring (bicyclic) bond motifs is 1. The molecule has 0 N–H and O–H groups in total. The van der Waals surface area contributed by atoms with E-state index in [1.807, 2.05) is 30.2 Å². The number of amides is 2. The standard InChI is InChI=1S/C28H31FN2O4S/c1-5-18(2)31(28(33)22-11-10-21(34-3)16-24(22)35-4)17-26(32)30-14-12-25-23(13-15-36-25)27(30)19-6-8-20(29)9-7-19/h6-11,13,15-16,18,27H,5,12,14,17H2,1-4H3. The Labute approximate surface area is 215 Å². The van der Waals surface area contributed by atoms with Crippen molar-refractivity contribution in [2.45, 2.75) is 38.8 Å². The molecular weight excluding hydrogens is 479 g/mol. The third-order valence-electron chi connectivity index (χ3n) is 6.80. The maximum atomic E-state index is 13.8. The molecule has 0 saturated heterocycles. The Balaban J connectivity index is 1.65. The second kappa shape index (κ2) is 11.1. The molecule has 0 spiro atoms. The van der Waals surface area contributed by atoms with Crippen molar-refractivity contribution >= 4 is 23.2 Å². The molecule has 0 aliphatic carbocycles. The first kappa shape index (κ1) is 25.7. The molecule has 2 heterocycles. The van der Waals surface area contributed by atoms with Crippen molar-refractivity contribution in [2.75, 3.05) is 27.3 Å². The number of methoxy groups -OCH3 is 2. The molecule has 0 saturated carbocycles. The number of halogens is 1. The van der Waals surface area contributed by atoms with Gasteiger partial charge in [0.25, 0.3) is 5.91 Å². The SMILES string of the molecule is CCC(C)N(CC(=O)N1CCc2sccc2C1c1ccc(F)cc1)C(=O)c1ccc(OC)cc1OC. The van der Waals surface area contributed by atoms with E-state index >= 15 is 0 Å². The molecular formula is C28H31FN2O4S. The smallest absolute Gasteiger partial charge is 0.258 e. The molecule has 36 heavy (non-hydrogen) atoms. The Morgan fingerprint density at radius 2 is 1.89 bits per heavy atom. The van der Waals surface area contributed by atoms with Crippen molar-refractivity contribution in [3.05, 3.63) is 81.3 Å². The zero-order valence-electron chi connectivity index (χ0n) is 21.0. The number of carbonyl (C=O) groups is 2. The van der Waals surface area contributed by atoms with E-state index in [0.717, 1.165) is 17.5 Å². The largest absolute Gasteiger partial charge is 0.497 e. The molecule has 1 aliphatic heterocycles. The van der Waals surface area contributed by atoms with E-state index in [9.17, 15) is 14.0 Å². The zero-order chi connectivity index (χ0) is 25.8. The van der Waals surface area contributed by atoms with Crippen LogP contribution in [0.1, 0.15) is 52.7 Å². The van der Waals surface area contributed by atoms with Gasteiger partial charge in [0.05, 0.1) is 25.8 Å². The van der Waals surface area contributed by atoms with Crippen LogP contribution in [0.5, 0.6) is 11.5 Å². The summed E-state index contributed by atoms with van der Waals surface area (Å²) in [5.74, 6) is 0.229. The van der Waals surface area contributed by atoms with Gasteiger partial charge in [0.1, 0.15) is 23.9 Å². The highest BCUT2D eigenvalue weighted by Crippen LogP contribution is 2.38. The molecule has 3 aromatic rings. The van der Waals surface area contributed by atoms with Gasteiger partial charge < -0.3 is 19.3 Å². The van der Waals surface area contributed by atoms with Gasteiger partial charge in [-0.3, -0.25) is 9.59 Å². The van der Waals surface area contributed by atoms with E-state index in [-0.39, 0.29) is 36.3 Å². The first-order chi connectivity index (χ1) is 17.4. The number of benzene rings is 2. The lowest BCUT2D eigenvalue weighted by Gasteiger charge is -2.38. The van der Waals surface area contributed by atoms with E-state index in [1.165, 1.54) is 24.1 Å². The molecule has 0 radical (unpaired) electrons. The van der Waals surface area contributed by atoms with Crippen LogP contribution in [0.15, 0.2) is 53.9 Å². The van der Waals surface area contributed by atoms with Crippen LogP contribution in [0.3, 0.4) is 0 Å². The highest BCUT2D eigenvalue weighted by atomic mass is 32.1. The lowest BCUT2D eigenvalue weighted by atomic mass is 9.93.